The van der Waals surface area contributed by atoms with Crippen LogP contribution in [-0.2, 0) is 6.54 Å². The van der Waals surface area contributed by atoms with Crippen molar-refractivity contribution in [3.05, 3.63) is 46.0 Å². The van der Waals surface area contributed by atoms with Crippen LogP contribution in [0, 0.1) is 20.3 Å². The molecular weight excluding hydrogens is 471 g/mol. The van der Waals surface area contributed by atoms with Gasteiger partial charge in [0.1, 0.15) is 0 Å². The lowest BCUT2D eigenvalue weighted by molar-refractivity contribution is -0.0345. The zero-order valence-electron chi connectivity index (χ0n) is 17.7. The molecule has 0 spiro atoms. The average molecular weight is 502 g/mol. The van der Waals surface area contributed by atoms with Crippen LogP contribution in [0.4, 0.5) is 0 Å². The van der Waals surface area contributed by atoms with E-state index in [0.29, 0.717) is 17.4 Å². The number of β-amino-alcohol motifs (C(OH)–C–C–N with tert-alkyl or cyclic N) is 1. The number of piperidine rings is 1. The summed E-state index contributed by atoms with van der Waals surface area (Å²) in [7, 11) is 0. The molecule has 4 heteroatoms. The third-order valence-electron chi connectivity index (χ3n) is 8.27. The highest BCUT2D eigenvalue weighted by Crippen LogP contribution is 2.58. The minimum Gasteiger partial charge on any atom is -0.390 e. The molecule has 3 aromatic rings. The van der Waals surface area contributed by atoms with Crippen molar-refractivity contribution in [1.29, 1.82) is 0 Å². The highest BCUT2D eigenvalue weighted by molar-refractivity contribution is 14.1. The maximum atomic E-state index is 11.1. The van der Waals surface area contributed by atoms with Gasteiger partial charge in [-0.1, -0.05) is 39.0 Å². The van der Waals surface area contributed by atoms with Gasteiger partial charge in [-0.15, -0.1) is 0 Å². The fourth-order valence-corrected chi connectivity index (χ4v) is 6.56. The molecule has 3 atom stereocenters. The summed E-state index contributed by atoms with van der Waals surface area (Å²) in [6, 6.07) is 15.2. The number of para-hydroxylation sites is 1. The standard InChI is InChI=1S/C25H31IN2O/c1-24(2)17-10-11-25(24,3)16-27(13-17)14-19(29)15-28-22-7-5-4-6-20(22)21-12-18(26)8-9-23(21)28/h4-9,12,17,19,29H,10-11,13-16H2,1-3H3. The van der Waals surface area contributed by atoms with Crippen molar-refractivity contribution in [2.75, 3.05) is 19.6 Å². The molecule has 1 aliphatic heterocycles. The third-order valence-corrected chi connectivity index (χ3v) is 8.94. The molecule has 5 rings (SSSR count). The van der Waals surface area contributed by atoms with E-state index in [4.69, 9.17) is 0 Å². The second-order valence-electron chi connectivity index (χ2n) is 10.2. The fraction of sp³-hybridized carbons (Fsp3) is 0.520. The van der Waals surface area contributed by atoms with Crippen molar-refractivity contribution in [3.8, 4) is 0 Å². The molecule has 1 saturated heterocycles. The van der Waals surface area contributed by atoms with Crippen molar-refractivity contribution < 1.29 is 5.11 Å². The van der Waals surface area contributed by atoms with E-state index >= 15 is 0 Å². The highest BCUT2D eigenvalue weighted by Gasteiger charge is 2.55. The lowest BCUT2D eigenvalue weighted by Crippen LogP contribution is -2.53. The highest BCUT2D eigenvalue weighted by atomic mass is 127. The number of nitrogens with zero attached hydrogens (tertiary/aromatic N) is 2. The molecule has 2 heterocycles. The number of likely N-dealkylation sites (tertiary alicyclic amines) is 1. The van der Waals surface area contributed by atoms with Crippen LogP contribution >= 0.6 is 22.6 Å². The SMILES string of the molecule is CC12CCC(CN(CC(O)Cn3c4ccccc4c4cc(I)ccc43)C1)C2(C)C. The van der Waals surface area contributed by atoms with Gasteiger partial charge < -0.3 is 9.67 Å². The smallest absolute Gasteiger partial charge is 0.0845 e. The average Bonchev–Trinajstić information content (AvgIpc) is 2.98. The lowest BCUT2D eigenvalue weighted by atomic mass is 9.63. The molecule has 0 radical (unpaired) electrons. The van der Waals surface area contributed by atoms with E-state index in [0.717, 1.165) is 25.6 Å². The molecule has 1 N–H and O–H groups in total. The Morgan fingerprint density at radius 2 is 1.83 bits per heavy atom. The number of aliphatic hydroxyl groups is 1. The van der Waals surface area contributed by atoms with Crippen LogP contribution in [0.2, 0.25) is 0 Å². The zero-order chi connectivity index (χ0) is 20.4. The Morgan fingerprint density at radius 3 is 2.62 bits per heavy atom. The molecule has 2 bridgehead atoms. The molecule has 2 aromatic carbocycles. The quantitative estimate of drug-likeness (QED) is 0.476. The Kier molecular flexibility index (Phi) is 4.76. The van der Waals surface area contributed by atoms with Crippen LogP contribution in [0.3, 0.4) is 0 Å². The van der Waals surface area contributed by atoms with Gasteiger partial charge >= 0.3 is 0 Å². The zero-order valence-corrected chi connectivity index (χ0v) is 19.8. The molecule has 1 aliphatic carbocycles. The molecule has 1 aromatic heterocycles. The number of halogens is 1. The van der Waals surface area contributed by atoms with Crippen LogP contribution < -0.4 is 0 Å². The Morgan fingerprint density at radius 1 is 1.07 bits per heavy atom. The number of aromatic nitrogens is 1. The number of aliphatic hydroxyl groups excluding tert-OH is 1. The molecule has 0 amide bonds. The lowest BCUT2D eigenvalue weighted by Gasteiger charge is -2.50. The summed E-state index contributed by atoms with van der Waals surface area (Å²) < 4.78 is 3.56. The van der Waals surface area contributed by atoms with Gasteiger partial charge in [-0.05, 0) is 76.4 Å². The van der Waals surface area contributed by atoms with Crippen molar-refractivity contribution >= 4 is 44.4 Å². The first kappa shape index (κ1) is 19.8. The number of hydrogen-bond donors (Lipinski definition) is 1. The van der Waals surface area contributed by atoms with Crippen molar-refractivity contribution in [2.45, 2.75) is 46.3 Å². The molecule has 3 unspecified atom stereocenters. The summed E-state index contributed by atoms with van der Waals surface area (Å²) in [6.07, 6.45) is 2.29. The van der Waals surface area contributed by atoms with E-state index in [1.54, 1.807) is 0 Å². The summed E-state index contributed by atoms with van der Waals surface area (Å²) in [6.45, 7) is 11.0. The van der Waals surface area contributed by atoms with Gasteiger partial charge in [0.25, 0.3) is 0 Å². The normalized spacial score (nSPS) is 27.7. The van der Waals surface area contributed by atoms with E-state index in [2.05, 4.69) is 95.3 Å². The van der Waals surface area contributed by atoms with Crippen LogP contribution in [0.25, 0.3) is 21.8 Å². The Labute approximate surface area is 187 Å². The third kappa shape index (κ3) is 3.14. The van der Waals surface area contributed by atoms with Crippen LogP contribution in [0.5, 0.6) is 0 Å². The second-order valence-corrected chi connectivity index (χ2v) is 11.4. The van der Waals surface area contributed by atoms with E-state index < -0.39 is 0 Å². The summed E-state index contributed by atoms with van der Waals surface area (Å²) >= 11 is 2.38. The maximum Gasteiger partial charge on any atom is 0.0845 e. The monoisotopic (exact) mass is 502 g/mol. The summed E-state index contributed by atoms with van der Waals surface area (Å²) in [5.41, 5.74) is 3.23. The van der Waals surface area contributed by atoms with E-state index in [1.807, 2.05) is 0 Å². The Hall–Kier alpha value is -1.11. The van der Waals surface area contributed by atoms with Gasteiger partial charge in [0.2, 0.25) is 0 Å². The summed E-state index contributed by atoms with van der Waals surface area (Å²) in [4.78, 5) is 2.53. The first-order chi connectivity index (χ1) is 13.8. The van der Waals surface area contributed by atoms with E-state index in [1.165, 1.54) is 38.2 Å². The van der Waals surface area contributed by atoms with Gasteiger partial charge in [-0.3, -0.25) is 4.90 Å². The van der Waals surface area contributed by atoms with Gasteiger partial charge in [0, 0.05) is 45.0 Å². The predicted molar refractivity (Wildman–Crippen MR) is 129 cm³/mol. The molecular formula is C25H31IN2O. The number of rotatable bonds is 4. The molecule has 154 valence electrons. The summed E-state index contributed by atoms with van der Waals surface area (Å²) in [5, 5.41) is 13.6. The molecule has 29 heavy (non-hydrogen) atoms. The minimum absolute atomic E-state index is 0.363. The van der Waals surface area contributed by atoms with Gasteiger partial charge in [-0.25, -0.2) is 0 Å². The molecule has 2 fully saturated rings. The number of benzene rings is 2. The summed E-state index contributed by atoms with van der Waals surface area (Å²) in [5.74, 6) is 0.753. The van der Waals surface area contributed by atoms with Gasteiger partial charge in [0.15, 0.2) is 0 Å². The van der Waals surface area contributed by atoms with E-state index in [-0.39, 0.29) is 6.10 Å². The second kappa shape index (κ2) is 6.96. The first-order valence-electron chi connectivity index (χ1n) is 10.9. The van der Waals surface area contributed by atoms with Gasteiger partial charge in [-0.2, -0.15) is 0 Å². The van der Waals surface area contributed by atoms with Gasteiger partial charge in [0.05, 0.1) is 12.6 Å². The van der Waals surface area contributed by atoms with Crippen molar-refractivity contribution in [2.24, 2.45) is 16.7 Å². The van der Waals surface area contributed by atoms with Crippen LogP contribution in [-0.4, -0.2) is 40.3 Å². The topological polar surface area (TPSA) is 28.4 Å². The molecule has 1 saturated carbocycles. The molecule has 3 nitrogen and oxygen atoms in total. The minimum atomic E-state index is -0.363. The van der Waals surface area contributed by atoms with Crippen molar-refractivity contribution in [3.63, 3.8) is 0 Å². The Balaban J connectivity index is 1.40. The van der Waals surface area contributed by atoms with Crippen LogP contribution in [0.1, 0.15) is 33.6 Å². The maximum absolute atomic E-state index is 11.1. The largest absolute Gasteiger partial charge is 0.390 e. The first-order valence-corrected chi connectivity index (χ1v) is 11.9. The Bertz CT molecular complexity index is 1070. The number of hydrogen-bond acceptors (Lipinski definition) is 2. The van der Waals surface area contributed by atoms with Crippen molar-refractivity contribution in [1.82, 2.24) is 9.47 Å². The van der Waals surface area contributed by atoms with E-state index in [9.17, 15) is 5.11 Å². The number of fused-ring (bicyclic) bond motifs is 5. The molecule has 2 aliphatic rings. The fourth-order valence-electron chi connectivity index (χ4n) is 6.07. The predicted octanol–water partition coefficient (Wildman–Crippen LogP) is 5.52. The van der Waals surface area contributed by atoms with Crippen LogP contribution in [0.15, 0.2) is 42.5 Å².